The number of sulfonamides is 1. The van der Waals surface area contributed by atoms with Crippen LogP contribution in [0.15, 0.2) is 36.4 Å². The fourth-order valence-electron chi connectivity index (χ4n) is 2.33. The zero-order valence-electron chi connectivity index (χ0n) is 14.8. The van der Waals surface area contributed by atoms with Crippen LogP contribution < -0.4 is 19.1 Å². The third kappa shape index (κ3) is 5.66. The van der Waals surface area contributed by atoms with Crippen molar-refractivity contribution in [1.29, 1.82) is 0 Å². The summed E-state index contributed by atoms with van der Waals surface area (Å²) in [6, 6.07) is 9.10. The summed E-state index contributed by atoms with van der Waals surface area (Å²) in [5.41, 5.74) is 0.618. The summed E-state index contributed by atoms with van der Waals surface area (Å²) in [7, 11) is -0.786. The highest BCUT2D eigenvalue weighted by molar-refractivity contribution is 7.92. The van der Waals surface area contributed by atoms with E-state index < -0.39 is 22.5 Å². The highest BCUT2D eigenvalue weighted by Gasteiger charge is 2.22. The van der Waals surface area contributed by atoms with Gasteiger partial charge in [0, 0.05) is 21.8 Å². The average molecular weight is 433 g/mol. The van der Waals surface area contributed by atoms with Crippen LogP contribution >= 0.6 is 23.2 Å². The van der Waals surface area contributed by atoms with Gasteiger partial charge in [0.1, 0.15) is 6.54 Å². The zero-order valence-corrected chi connectivity index (χ0v) is 17.2. The van der Waals surface area contributed by atoms with Gasteiger partial charge in [0.25, 0.3) is 0 Å². The largest absolute Gasteiger partial charge is 0.493 e. The number of hydrogen-bond acceptors (Lipinski definition) is 5. The van der Waals surface area contributed by atoms with Crippen LogP contribution in [0.5, 0.6) is 11.5 Å². The van der Waals surface area contributed by atoms with Gasteiger partial charge in [-0.1, -0.05) is 23.2 Å². The number of rotatable bonds is 7. The molecule has 0 fully saturated rings. The molecule has 0 atom stereocenters. The molecule has 0 bridgehead atoms. The predicted molar refractivity (Wildman–Crippen MR) is 107 cm³/mol. The van der Waals surface area contributed by atoms with Gasteiger partial charge >= 0.3 is 0 Å². The van der Waals surface area contributed by atoms with Gasteiger partial charge in [-0.3, -0.25) is 9.10 Å². The lowest BCUT2D eigenvalue weighted by Crippen LogP contribution is -2.37. The van der Waals surface area contributed by atoms with Crippen LogP contribution in [-0.4, -0.2) is 41.3 Å². The monoisotopic (exact) mass is 432 g/mol. The number of methoxy groups -OCH3 is 2. The average Bonchev–Trinajstić information content (AvgIpc) is 2.57. The van der Waals surface area contributed by atoms with Crippen LogP contribution in [0.1, 0.15) is 0 Å². The van der Waals surface area contributed by atoms with Crippen molar-refractivity contribution < 1.29 is 22.7 Å². The molecule has 0 unspecified atom stereocenters. The fourth-order valence-corrected chi connectivity index (χ4v) is 3.68. The summed E-state index contributed by atoms with van der Waals surface area (Å²) < 4.78 is 35.5. The van der Waals surface area contributed by atoms with Gasteiger partial charge in [-0.2, -0.15) is 0 Å². The number of halogens is 2. The first-order valence-corrected chi connectivity index (χ1v) is 10.2. The number of amides is 1. The van der Waals surface area contributed by atoms with Gasteiger partial charge in [-0.25, -0.2) is 8.42 Å². The number of nitrogens with one attached hydrogen (secondary N) is 1. The highest BCUT2D eigenvalue weighted by atomic mass is 35.5. The molecule has 0 saturated heterocycles. The molecule has 0 aliphatic rings. The molecule has 0 aliphatic carbocycles. The Kier molecular flexibility index (Phi) is 6.80. The smallest absolute Gasteiger partial charge is 0.245 e. The van der Waals surface area contributed by atoms with Crippen LogP contribution in [0, 0.1) is 0 Å². The second-order valence-electron chi connectivity index (χ2n) is 5.52. The van der Waals surface area contributed by atoms with Crippen molar-refractivity contribution in [3.05, 3.63) is 46.4 Å². The van der Waals surface area contributed by atoms with Crippen molar-refractivity contribution in [2.45, 2.75) is 0 Å². The molecular weight excluding hydrogens is 415 g/mol. The van der Waals surface area contributed by atoms with E-state index in [1.807, 2.05) is 0 Å². The maximum Gasteiger partial charge on any atom is 0.245 e. The zero-order chi connectivity index (χ0) is 20.2. The highest BCUT2D eigenvalue weighted by Crippen LogP contribution is 2.30. The number of anilines is 2. The number of ether oxygens (including phenoxy) is 2. The molecular formula is C17H18Cl2N2O5S. The maximum absolute atomic E-state index is 12.4. The maximum atomic E-state index is 12.4. The van der Waals surface area contributed by atoms with Crippen LogP contribution in [0.25, 0.3) is 0 Å². The molecule has 0 radical (unpaired) electrons. The molecule has 0 spiro atoms. The lowest BCUT2D eigenvalue weighted by Gasteiger charge is -2.22. The topological polar surface area (TPSA) is 84.9 Å². The van der Waals surface area contributed by atoms with E-state index in [2.05, 4.69) is 5.32 Å². The standard InChI is InChI=1S/C17H18Cl2N2O5S/c1-25-15-5-4-13(9-16(15)26-2)20-17(22)10-21(27(3,23)24)14-7-11(18)6-12(19)8-14/h4-9H,10H2,1-3H3,(H,20,22). The number of benzene rings is 2. The number of carbonyl (C=O) groups is 1. The van der Waals surface area contributed by atoms with Crippen molar-refractivity contribution in [2.75, 3.05) is 36.6 Å². The summed E-state index contributed by atoms with van der Waals surface area (Å²) in [5, 5.41) is 3.13. The Morgan fingerprint density at radius 1 is 1.04 bits per heavy atom. The van der Waals surface area contributed by atoms with Gasteiger partial charge in [0.15, 0.2) is 11.5 Å². The quantitative estimate of drug-likeness (QED) is 0.724. The van der Waals surface area contributed by atoms with Gasteiger partial charge in [-0.15, -0.1) is 0 Å². The van der Waals surface area contributed by atoms with E-state index in [0.717, 1.165) is 10.6 Å². The number of nitrogens with zero attached hydrogens (tertiary/aromatic N) is 1. The summed E-state index contributed by atoms with van der Waals surface area (Å²) in [4.78, 5) is 12.4. The molecule has 0 heterocycles. The van der Waals surface area contributed by atoms with E-state index in [9.17, 15) is 13.2 Å². The molecule has 2 aromatic rings. The summed E-state index contributed by atoms with van der Waals surface area (Å²) in [5.74, 6) is 0.377. The Morgan fingerprint density at radius 3 is 2.15 bits per heavy atom. The van der Waals surface area contributed by atoms with Crippen LogP contribution in [-0.2, 0) is 14.8 Å². The van der Waals surface area contributed by atoms with Crippen molar-refractivity contribution in [1.82, 2.24) is 0 Å². The SMILES string of the molecule is COc1ccc(NC(=O)CN(c2cc(Cl)cc(Cl)c2)S(C)(=O)=O)cc1OC. The predicted octanol–water partition coefficient (Wildman–Crippen LogP) is 3.42. The molecule has 0 aromatic heterocycles. The molecule has 2 aromatic carbocycles. The lowest BCUT2D eigenvalue weighted by molar-refractivity contribution is -0.114. The molecule has 1 N–H and O–H groups in total. The van der Waals surface area contributed by atoms with Crippen LogP contribution in [0.2, 0.25) is 10.0 Å². The van der Waals surface area contributed by atoms with E-state index in [1.165, 1.54) is 32.4 Å². The summed E-state index contributed by atoms with van der Waals surface area (Å²) in [6.45, 7) is -0.455. The minimum absolute atomic E-state index is 0.192. The Labute approximate surface area is 167 Å². The Hall–Kier alpha value is -2.16. The first-order valence-electron chi connectivity index (χ1n) is 7.59. The van der Waals surface area contributed by atoms with Crippen molar-refractivity contribution in [3.63, 3.8) is 0 Å². The van der Waals surface area contributed by atoms with Crippen LogP contribution in [0.4, 0.5) is 11.4 Å². The van der Waals surface area contributed by atoms with E-state index >= 15 is 0 Å². The van der Waals surface area contributed by atoms with E-state index in [-0.39, 0.29) is 15.7 Å². The van der Waals surface area contributed by atoms with Gasteiger partial charge < -0.3 is 14.8 Å². The normalized spacial score (nSPS) is 11.0. The Bertz CT molecular complexity index is 930. The first-order chi connectivity index (χ1) is 12.6. The molecule has 2 rings (SSSR count). The number of carbonyl (C=O) groups excluding carboxylic acids is 1. The molecule has 0 aliphatic heterocycles. The van der Waals surface area contributed by atoms with E-state index in [4.69, 9.17) is 32.7 Å². The van der Waals surface area contributed by atoms with E-state index in [0.29, 0.717) is 17.2 Å². The second-order valence-corrected chi connectivity index (χ2v) is 8.29. The minimum atomic E-state index is -3.75. The first kappa shape index (κ1) is 21.1. The number of hydrogen-bond donors (Lipinski definition) is 1. The fraction of sp³-hybridized carbons (Fsp3) is 0.235. The molecule has 27 heavy (non-hydrogen) atoms. The molecule has 146 valence electrons. The molecule has 10 heteroatoms. The molecule has 7 nitrogen and oxygen atoms in total. The van der Waals surface area contributed by atoms with Gasteiger partial charge in [0.05, 0.1) is 26.2 Å². The van der Waals surface area contributed by atoms with Crippen molar-refractivity contribution >= 4 is 50.5 Å². The minimum Gasteiger partial charge on any atom is -0.493 e. The third-order valence-corrected chi connectivity index (χ3v) is 5.07. The van der Waals surface area contributed by atoms with Gasteiger partial charge in [-0.05, 0) is 30.3 Å². The summed E-state index contributed by atoms with van der Waals surface area (Å²) >= 11 is 11.9. The van der Waals surface area contributed by atoms with Crippen molar-refractivity contribution in [2.24, 2.45) is 0 Å². The van der Waals surface area contributed by atoms with Crippen LogP contribution in [0.3, 0.4) is 0 Å². The Morgan fingerprint density at radius 2 is 1.63 bits per heavy atom. The second kappa shape index (κ2) is 8.69. The van der Waals surface area contributed by atoms with Crippen molar-refractivity contribution in [3.8, 4) is 11.5 Å². The molecule has 1 amide bonds. The van der Waals surface area contributed by atoms with E-state index in [1.54, 1.807) is 18.2 Å². The summed E-state index contributed by atoms with van der Waals surface area (Å²) in [6.07, 6.45) is 0.992. The lowest BCUT2D eigenvalue weighted by atomic mass is 10.2. The molecule has 0 saturated carbocycles. The third-order valence-electron chi connectivity index (χ3n) is 3.49. The van der Waals surface area contributed by atoms with Gasteiger partial charge in [0.2, 0.25) is 15.9 Å². The Balaban J connectivity index is 2.24.